The van der Waals surface area contributed by atoms with Gasteiger partial charge in [-0.2, -0.15) is 0 Å². The summed E-state index contributed by atoms with van der Waals surface area (Å²) in [4.78, 5) is 25.9. The van der Waals surface area contributed by atoms with Crippen molar-refractivity contribution in [2.24, 2.45) is 0 Å². The summed E-state index contributed by atoms with van der Waals surface area (Å²) < 4.78 is 10.5. The lowest BCUT2D eigenvalue weighted by Crippen LogP contribution is -2.29. The van der Waals surface area contributed by atoms with Gasteiger partial charge in [-0.15, -0.1) is 0 Å². The molecule has 23 heavy (non-hydrogen) atoms. The van der Waals surface area contributed by atoms with E-state index in [1.54, 1.807) is 13.2 Å². The average Bonchev–Trinajstić information content (AvgIpc) is 2.76. The molecule has 0 saturated carbocycles. The fourth-order valence-corrected chi connectivity index (χ4v) is 2.99. The van der Waals surface area contributed by atoms with Gasteiger partial charge in [-0.3, -0.25) is 14.5 Å². The fourth-order valence-electron chi connectivity index (χ4n) is 2.13. The Kier molecular flexibility index (Phi) is 6.24. The quantitative estimate of drug-likeness (QED) is 0.563. The van der Waals surface area contributed by atoms with Crippen LogP contribution in [0.4, 0.5) is 4.79 Å². The van der Waals surface area contributed by atoms with Crippen LogP contribution in [0, 0.1) is 0 Å². The van der Waals surface area contributed by atoms with Crippen LogP contribution in [-0.2, 0) is 9.53 Å². The Morgan fingerprint density at radius 3 is 2.52 bits per heavy atom. The van der Waals surface area contributed by atoms with Crippen molar-refractivity contribution in [1.82, 2.24) is 4.90 Å². The van der Waals surface area contributed by atoms with E-state index in [-0.39, 0.29) is 17.3 Å². The number of nitrogens with zero attached hydrogens (tertiary/aromatic N) is 1. The molecule has 5 nitrogen and oxygen atoms in total. The molecule has 6 heteroatoms. The van der Waals surface area contributed by atoms with Crippen molar-refractivity contribution >= 4 is 29.0 Å². The first-order valence-corrected chi connectivity index (χ1v) is 8.34. The molecule has 1 aliphatic rings. The Hall–Kier alpha value is -1.79. The number of carbonyl (C=O) groups is 2. The van der Waals surface area contributed by atoms with E-state index in [2.05, 4.69) is 0 Å². The van der Waals surface area contributed by atoms with Crippen molar-refractivity contribution in [3.63, 3.8) is 0 Å². The van der Waals surface area contributed by atoms with Crippen molar-refractivity contribution in [2.45, 2.75) is 26.4 Å². The molecule has 1 fully saturated rings. The molecule has 1 aliphatic heterocycles. The van der Waals surface area contributed by atoms with Crippen molar-refractivity contribution in [1.29, 1.82) is 0 Å². The molecule has 0 N–H and O–H groups in total. The van der Waals surface area contributed by atoms with Gasteiger partial charge in [0.25, 0.3) is 11.1 Å². The smallest absolute Gasteiger partial charge is 0.293 e. The Bertz CT molecular complexity index is 595. The molecule has 0 radical (unpaired) electrons. The highest BCUT2D eigenvalue weighted by Gasteiger charge is 2.34. The van der Waals surface area contributed by atoms with Crippen molar-refractivity contribution < 1.29 is 19.1 Å². The van der Waals surface area contributed by atoms with Crippen LogP contribution in [0.2, 0.25) is 0 Å². The van der Waals surface area contributed by atoms with Gasteiger partial charge in [0, 0.05) is 20.3 Å². The number of ether oxygens (including phenoxy) is 2. The van der Waals surface area contributed by atoms with E-state index in [9.17, 15) is 9.59 Å². The number of hydrogen-bond acceptors (Lipinski definition) is 5. The van der Waals surface area contributed by atoms with E-state index in [0.717, 1.165) is 23.1 Å². The Morgan fingerprint density at radius 2 is 1.91 bits per heavy atom. The van der Waals surface area contributed by atoms with E-state index in [4.69, 9.17) is 9.47 Å². The molecule has 0 spiro atoms. The normalized spacial score (nSPS) is 16.7. The minimum absolute atomic E-state index is 0.115. The first-order valence-electron chi connectivity index (χ1n) is 7.52. The summed E-state index contributed by atoms with van der Waals surface area (Å²) in [6.45, 7) is 4.84. The molecule has 1 heterocycles. The van der Waals surface area contributed by atoms with E-state index in [1.807, 2.05) is 38.1 Å². The highest BCUT2D eigenvalue weighted by atomic mass is 32.2. The third kappa shape index (κ3) is 4.84. The zero-order valence-electron chi connectivity index (χ0n) is 13.6. The third-order valence-electron chi connectivity index (χ3n) is 3.15. The van der Waals surface area contributed by atoms with Crippen LogP contribution in [-0.4, -0.2) is 42.4 Å². The maximum Gasteiger partial charge on any atom is 0.293 e. The highest BCUT2D eigenvalue weighted by Crippen LogP contribution is 2.32. The number of amides is 2. The summed E-state index contributed by atoms with van der Waals surface area (Å²) in [6, 6.07) is 7.45. The molecule has 124 valence electrons. The zero-order valence-corrected chi connectivity index (χ0v) is 14.4. The van der Waals surface area contributed by atoms with Gasteiger partial charge in [-0.1, -0.05) is 12.1 Å². The highest BCUT2D eigenvalue weighted by molar-refractivity contribution is 8.18. The van der Waals surface area contributed by atoms with Crippen molar-refractivity contribution in [2.75, 3.05) is 20.3 Å². The first kappa shape index (κ1) is 17.6. The summed E-state index contributed by atoms with van der Waals surface area (Å²) in [5.41, 5.74) is 0.864. The molecule has 0 unspecified atom stereocenters. The molecular formula is C17H21NO4S. The van der Waals surface area contributed by atoms with Crippen LogP contribution >= 0.6 is 11.8 Å². The molecular weight excluding hydrogens is 314 g/mol. The van der Waals surface area contributed by atoms with E-state index in [0.29, 0.717) is 24.5 Å². The van der Waals surface area contributed by atoms with Gasteiger partial charge in [-0.25, -0.2) is 0 Å². The minimum Gasteiger partial charge on any atom is -0.491 e. The number of imide groups is 1. The lowest BCUT2D eigenvalue weighted by molar-refractivity contribution is -0.122. The lowest BCUT2D eigenvalue weighted by Gasteiger charge is -2.11. The predicted octanol–water partition coefficient (Wildman–Crippen LogP) is 3.55. The van der Waals surface area contributed by atoms with Crippen molar-refractivity contribution in [3.8, 4) is 5.75 Å². The monoisotopic (exact) mass is 335 g/mol. The van der Waals surface area contributed by atoms with Gasteiger partial charge in [0.05, 0.1) is 11.0 Å². The van der Waals surface area contributed by atoms with Crippen LogP contribution in [0.5, 0.6) is 5.75 Å². The topological polar surface area (TPSA) is 55.8 Å². The summed E-state index contributed by atoms with van der Waals surface area (Å²) in [5.74, 6) is 0.545. The second-order valence-corrected chi connectivity index (χ2v) is 6.41. The van der Waals surface area contributed by atoms with Crippen LogP contribution < -0.4 is 4.74 Å². The molecule has 2 amide bonds. The maximum absolute atomic E-state index is 12.3. The fraction of sp³-hybridized carbons (Fsp3) is 0.412. The Labute approximate surface area is 140 Å². The standard InChI is InChI=1S/C17H21NO4S/c1-12(2)22-14-7-5-13(6-8-14)11-15-16(19)18(17(20)23-15)9-4-10-21-3/h5-8,11-12H,4,9-10H2,1-3H3/b15-11+. The summed E-state index contributed by atoms with van der Waals surface area (Å²) in [5, 5.41) is -0.225. The molecule has 0 aromatic heterocycles. The van der Waals surface area contributed by atoms with Crippen LogP contribution in [0.3, 0.4) is 0 Å². The maximum atomic E-state index is 12.3. The number of rotatable bonds is 7. The summed E-state index contributed by atoms with van der Waals surface area (Å²) in [6.07, 6.45) is 2.49. The molecule has 2 rings (SSSR count). The minimum atomic E-state index is -0.237. The molecule has 0 atom stereocenters. The van der Waals surface area contributed by atoms with Crippen molar-refractivity contribution in [3.05, 3.63) is 34.7 Å². The van der Waals surface area contributed by atoms with Crippen LogP contribution in [0.25, 0.3) is 6.08 Å². The number of carbonyl (C=O) groups excluding carboxylic acids is 2. The molecule has 1 saturated heterocycles. The van der Waals surface area contributed by atoms with Gasteiger partial charge in [0.2, 0.25) is 0 Å². The van der Waals surface area contributed by atoms with E-state index in [1.165, 1.54) is 4.90 Å². The van der Waals surface area contributed by atoms with Gasteiger partial charge in [-0.05, 0) is 55.8 Å². The molecule has 1 aromatic rings. The van der Waals surface area contributed by atoms with E-state index >= 15 is 0 Å². The SMILES string of the molecule is COCCCN1C(=O)S/C(=C/c2ccc(OC(C)C)cc2)C1=O. The third-order valence-corrected chi connectivity index (χ3v) is 4.06. The second-order valence-electron chi connectivity index (χ2n) is 5.42. The van der Waals surface area contributed by atoms with Gasteiger partial charge in [0.1, 0.15) is 5.75 Å². The largest absolute Gasteiger partial charge is 0.491 e. The lowest BCUT2D eigenvalue weighted by atomic mass is 10.2. The van der Waals surface area contributed by atoms with Gasteiger partial charge >= 0.3 is 0 Å². The molecule has 0 bridgehead atoms. The molecule has 1 aromatic carbocycles. The Balaban J connectivity index is 2.05. The molecule has 0 aliphatic carbocycles. The van der Waals surface area contributed by atoms with Crippen LogP contribution in [0.1, 0.15) is 25.8 Å². The number of methoxy groups -OCH3 is 1. The summed E-state index contributed by atoms with van der Waals surface area (Å²) >= 11 is 0.976. The number of thioether (sulfide) groups is 1. The van der Waals surface area contributed by atoms with Gasteiger partial charge < -0.3 is 9.47 Å². The van der Waals surface area contributed by atoms with E-state index < -0.39 is 0 Å². The summed E-state index contributed by atoms with van der Waals surface area (Å²) in [7, 11) is 1.60. The second kappa shape index (κ2) is 8.17. The average molecular weight is 335 g/mol. The first-order chi connectivity index (χ1) is 11.0. The van der Waals surface area contributed by atoms with Crippen LogP contribution in [0.15, 0.2) is 29.2 Å². The predicted molar refractivity (Wildman–Crippen MR) is 91.4 cm³/mol. The number of hydrogen-bond donors (Lipinski definition) is 0. The Morgan fingerprint density at radius 1 is 1.22 bits per heavy atom. The van der Waals surface area contributed by atoms with Gasteiger partial charge in [0.15, 0.2) is 0 Å². The zero-order chi connectivity index (χ0) is 16.8. The number of benzene rings is 1.